The summed E-state index contributed by atoms with van der Waals surface area (Å²) in [7, 11) is 0. The Balaban J connectivity index is 1.73. The molecule has 1 aromatic carbocycles. The number of anilines is 2. The van der Waals surface area contributed by atoms with Crippen LogP contribution < -0.4 is 9.80 Å². The van der Waals surface area contributed by atoms with E-state index in [9.17, 15) is 9.59 Å². The monoisotopic (exact) mass is 330 g/mol. The number of benzene rings is 1. The van der Waals surface area contributed by atoms with Crippen molar-refractivity contribution in [2.75, 3.05) is 29.5 Å². The molecule has 3 rings (SSSR count). The van der Waals surface area contributed by atoms with Gasteiger partial charge in [0.25, 0.3) is 0 Å². The molecule has 0 atom stereocenters. The zero-order valence-corrected chi connectivity index (χ0v) is 14.4. The molecule has 0 spiro atoms. The molecule has 0 saturated carbocycles. The van der Waals surface area contributed by atoms with Gasteiger partial charge in [-0.3, -0.25) is 9.69 Å². The molecular formula is C19H26N2O3. The van der Waals surface area contributed by atoms with Gasteiger partial charge in [0.2, 0.25) is 5.91 Å². The topological polar surface area (TPSA) is 49.9 Å². The molecule has 24 heavy (non-hydrogen) atoms. The van der Waals surface area contributed by atoms with Gasteiger partial charge < -0.3 is 9.64 Å². The molecule has 5 heteroatoms. The average Bonchev–Trinajstić information content (AvgIpc) is 2.89. The number of amides is 2. The first kappa shape index (κ1) is 16.8. The van der Waals surface area contributed by atoms with E-state index < -0.39 is 0 Å². The van der Waals surface area contributed by atoms with Crippen molar-refractivity contribution < 1.29 is 14.3 Å². The summed E-state index contributed by atoms with van der Waals surface area (Å²) in [6, 6.07) is 5.98. The second-order valence-corrected chi connectivity index (χ2v) is 6.54. The van der Waals surface area contributed by atoms with Gasteiger partial charge in [0.05, 0.1) is 12.3 Å². The summed E-state index contributed by atoms with van der Waals surface area (Å²) in [6.07, 6.45) is 6.24. The first-order chi connectivity index (χ1) is 11.7. The maximum atomic E-state index is 12.3. The molecule has 1 aromatic rings. The van der Waals surface area contributed by atoms with Gasteiger partial charge in [-0.25, -0.2) is 4.79 Å². The molecule has 1 saturated heterocycles. The molecule has 2 amide bonds. The maximum Gasteiger partial charge on any atom is 0.414 e. The number of hydrogen-bond acceptors (Lipinski definition) is 3. The van der Waals surface area contributed by atoms with Gasteiger partial charge in [0, 0.05) is 25.2 Å². The molecule has 0 aliphatic carbocycles. The lowest BCUT2D eigenvalue weighted by atomic mass is 10.1. The van der Waals surface area contributed by atoms with Crippen molar-refractivity contribution in [3.63, 3.8) is 0 Å². The van der Waals surface area contributed by atoms with E-state index in [1.54, 1.807) is 4.90 Å². The second-order valence-electron chi connectivity index (χ2n) is 6.54. The third kappa shape index (κ3) is 3.55. The summed E-state index contributed by atoms with van der Waals surface area (Å²) in [5.74, 6) is 0.210. The van der Waals surface area contributed by atoms with Crippen molar-refractivity contribution >= 4 is 23.4 Å². The molecule has 0 bridgehead atoms. The number of carbonyl (C=O) groups is 2. The highest BCUT2D eigenvalue weighted by molar-refractivity contribution is 5.95. The Morgan fingerprint density at radius 1 is 1.17 bits per heavy atom. The van der Waals surface area contributed by atoms with E-state index in [4.69, 9.17) is 4.74 Å². The summed E-state index contributed by atoms with van der Waals surface area (Å²) >= 11 is 0. The number of nitrogens with zero attached hydrogens (tertiary/aromatic N) is 2. The summed E-state index contributed by atoms with van der Waals surface area (Å²) < 4.78 is 5.33. The maximum absolute atomic E-state index is 12.3. The molecule has 130 valence electrons. The zero-order valence-electron chi connectivity index (χ0n) is 14.4. The minimum absolute atomic E-state index is 0.210. The van der Waals surface area contributed by atoms with E-state index >= 15 is 0 Å². The lowest BCUT2D eigenvalue weighted by Crippen LogP contribution is -2.30. The Bertz CT molecular complexity index is 615. The van der Waals surface area contributed by atoms with E-state index in [0.29, 0.717) is 19.6 Å². The lowest BCUT2D eigenvalue weighted by molar-refractivity contribution is -0.118. The Morgan fingerprint density at radius 2 is 2.04 bits per heavy atom. The quantitative estimate of drug-likeness (QED) is 0.787. The molecule has 2 aliphatic heterocycles. The summed E-state index contributed by atoms with van der Waals surface area (Å²) in [6.45, 7) is 3.99. The van der Waals surface area contributed by atoms with Crippen LogP contribution in [-0.2, 0) is 16.0 Å². The Labute approximate surface area is 143 Å². The van der Waals surface area contributed by atoms with Crippen LogP contribution in [0.3, 0.4) is 0 Å². The van der Waals surface area contributed by atoms with E-state index in [0.717, 1.165) is 62.0 Å². The third-order valence-corrected chi connectivity index (χ3v) is 4.79. The lowest BCUT2D eigenvalue weighted by Gasteiger charge is -2.22. The normalized spacial score (nSPS) is 17.6. The number of fused-ring (bicyclic) bond motifs is 1. The second kappa shape index (κ2) is 7.69. The van der Waals surface area contributed by atoms with Gasteiger partial charge in [0.1, 0.15) is 0 Å². The Kier molecular flexibility index (Phi) is 5.38. The SMILES string of the molecule is CCCCOC(=O)N1CCc2cc(N3CCCCCC3=O)ccc21. The van der Waals surface area contributed by atoms with Crippen molar-refractivity contribution in [3.8, 4) is 0 Å². The van der Waals surface area contributed by atoms with Gasteiger partial charge in [-0.15, -0.1) is 0 Å². The molecule has 0 N–H and O–H groups in total. The van der Waals surface area contributed by atoms with E-state index in [1.165, 1.54) is 0 Å². The number of hydrogen-bond donors (Lipinski definition) is 0. The van der Waals surface area contributed by atoms with Crippen molar-refractivity contribution in [1.82, 2.24) is 0 Å². The predicted octanol–water partition coefficient (Wildman–Crippen LogP) is 3.89. The zero-order chi connectivity index (χ0) is 16.9. The molecule has 0 unspecified atom stereocenters. The van der Waals surface area contributed by atoms with Crippen molar-refractivity contribution in [3.05, 3.63) is 23.8 Å². The summed E-state index contributed by atoms with van der Waals surface area (Å²) in [5, 5.41) is 0. The first-order valence-electron chi connectivity index (χ1n) is 9.08. The van der Waals surface area contributed by atoms with Gasteiger partial charge in [-0.1, -0.05) is 19.8 Å². The third-order valence-electron chi connectivity index (χ3n) is 4.79. The Hall–Kier alpha value is -2.04. The number of carbonyl (C=O) groups excluding carboxylic acids is 2. The average molecular weight is 330 g/mol. The number of rotatable bonds is 4. The minimum Gasteiger partial charge on any atom is -0.449 e. The van der Waals surface area contributed by atoms with Crippen molar-refractivity contribution in [1.29, 1.82) is 0 Å². The molecule has 2 heterocycles. The first-order valence-corrected chi connectivity index (χ1v) is 9.08. The van der Waals surface area contributed by atoms with Crippen LogP contribution in [0, 0.1) is 0 Å². The molecule has 0 radical (unpaired) electrons. The Morgan fingerprint density at radius 3 is 2.88 bits per heavy atom. The fourth-order valence-electron chi connectivity index (χ4n) is 3.38. The minimum atomic E-state index is -0.263. The van der Waals surface area contributed by atoms with E-state index in [-0.39, 0.29) is 12.0 Å². The molecule has 2 aliphatic rings. The van der Waals surface area contributed by atoms with Crippen LogP contribution in [0.25, 0.3) is 0 Å². The predicted molar refractivity (Wildman–Crippen MR) is 94.6 cm³/mol. The van der Waals surface area contributed by atoms with Crippen LogP contribution in [0.4, 0.5) is 16.2 Å². The molecular weight excluding hydrogens is 304 g/mol. The van der Waals surface area contributed by atoms with Crippen molar-refractivity contribution in [2.24, 2.45) is 0 Å². The smallest absolute Gasteiger partial charge is 0.414 e. The van der Waals surface area contributed by atoms with Crippen LogP contribution in [-0.4, -0.2) is 31.7 Å². The molecule has 5 nitrogen and oxygen atoms in total. The van der Waals surface area contributed by atoms with Gasteiger partial charge in [-0.2, -0.15) is 0 Å². The van der Waals surface area contributed by atoms with Gasteiger partial charge >= 0.3 is 6.09 Å². The fourth-order valence-corrected chi connectivity index (χ4v) is 3.38. The molecule has 0 aromatic heterocycles. The van der Waals surface area contributed by atoms with E-state index in [2.05, 4.69) is 13.0 Å². The highest BCUT2D eigenvalue weighted by Crippen LogP contribution is 2.33. The van der Waals surface area contributed by atoms with Gasteiger partial charge in [0.15, 0.2) is 0 Å². The van der Waals surface area contributed by atoms with E-state index in [1.807, 2.05) is 17.0 Å². The number of unbranched alkanes of at least 4 members (excludes halogenated alkanes) is 1. The standard InChI is InChI=1S/C19H26N2O3/c1-2-3-13-24-19(23)21-12-10-15-14-16(8-9-17(15)21)20-11-6-4-5-7-18(20)22/h8-9,14H,2-7,10-13H2,1H3. The van der Waals surface area contributed by atoms with Gasteiger partial charge in [-0.05, 0) is 49.4 Å². The van der Waals surface area contributed by atoms with Crippen LogP contribution in [0.15, 0.2) is 18.2 Å². The van der Waals surface area contributed by atoms with Crippen LogP contribution in [0.2, 0.25) is 0 Å². The van der Waals surface area contributed by atoms with Crippen molar-refractivity contribution in [2.45, 2.75) is 51.9 Å². The van der Waals surface area contributed by atoms with Crippen LogP contribution in [0.5, 0.6) is 0 Å². The summed E-state index contributed by atoms with van der Waals surface area (Å²) in [4.78, 5) is 28.1. The van der Waals surface area contributed by atoms with Crippen LogP contribution in [0.1, 0.15) is 51.0 Å². The molecule has 1 fully saturated rings. The van der Waals surface area contributed by atoms with Crippen LogP contribution >= 0.6 is 0 Å². The summed E-state index contributed by atoms with van der Waals surface area (Å²) in [5.41, 5.74) is 3.00. The highest BCUT2D eigenvalue weighted by Gasteiger charge is 2.27. The largest absolute Gasteiger partial charge is 0.449 e. The number of ether oxygens (including phenoxy) is 1. The highest BCUT2D eigenvalue weighted by atomic mass is 16.6. The fraction of sp³-hybridized carbons (Fsp3) is 0.579.